The largest absolute Gasteiger partial charge is 0.497 e. The number of methoxy groups -OCH3 is 1. The molecular formula is C18H16ClN3O3. The third-order valence-corrected chi connectivity index (χ3v) is 4.24. The van der Waals surface area contributed by atoms with E-state index in [1.165, 1.54) is 6.21 Å². The molecule has 1 atom stereocenters. The zero-order chi connectivity index (χ0) is 18.0. The van der Waals surface area contributed by atoms with E-state index < -0.39 is 17.5 Å². The molecule has 0 spiro atoms. The molecule has 0 aliphatic carbocycles. The fourth-order valence-corrected chi connectivity index (χ4v) is 2.76. The first-order chi connectivity index (χ1) is 11.9. The van der Waals surface area contributed by atoms with Gasteiger partial charge in [0, 0.05) is 5.02 Å². The lowest BCUT2D eigenvalue weighted by molar-refractivity contribution is -0.131. The Morgan fingerprint density at radius 3 is 2.56 bits per heavy atom. The zero-order valence-electron chi connectivity index (χ0n) is 13.7. The second-order valence-corrected chi connectivity index (χ2v) is 6.14. The summed E-state index contributed by atoms with van der Waals surface area (Å²) in [4.78, 5) is 25.0. The molecule has 1 aliphatic rings. The second kappa shape index (κ2) is 6.57. The molecule has 1 saturated heterocycles. The number of rotatable bonds is 4. The molecule has 1 aliphatic heterocycles. The Labute approximate surface area is 150 Å². The van der Waals surface area contributed by atoms with Crippen LogP contribution >= 0.6 is 11.6 Å². The Balaban J connectivity index is 1.86. The van der Waals surface area contributed by atoms with Crippen molar-refractivity contribution in [2.45, 2.75) is 12.5 Å². The number of ether oxygens (including phenoxy) is 1. The molecule has 0 aromatic heterocycles. The van der Waals surface area contributed by atoms with Crippen molar-refractivity contribution in [1.82, 2.24) is 10.3 Å². The topological polar surface area (TPSA) is 71.0 Å². The SMILES string of the molecule is COc1ccc([C@]2(C)NC(=O)N(N=Cc3cccc(Cl)c3)C2=O)cc1. The van der Waals surface area contributed by atoms with Gasteiger partial charge < -0.3 is 10.1 Å². The van der Waals surface area contributed by atoms with Crippen LogP contribution in [0.2, 0.25) is 5.02 Å². The van der Waals surface area contributed by atoms with Crippen molar-refractivity contribution in [2.24, 2.45) is 5.10 Å². The van der Waals surface area contributed by atoms with Crippen molar-refractivity contribution in [1.29, 1.82) is 0 Å². The van der Waals surface area contributed by atoms with Crippen LogP contribution < -0.4 is 10.1 Å². The van der Waals surface area contributed by atoms with Crippen molar-refractivity contribution in [3.63, 3.8) is 0 Å². The molecule has 25 heavy (non-hydrogen) atoms. The third kappa shape index (κ3) is 3.21. The molecule has 0 unspecified atom stereocenters. The number of hydrogen-bond donors (Lipinski definition) is 1. The first-order valence-electron chi connectivity index (χ1n) is 7.55. The number of carbonyl (C=O) groups is 2. The summed E-state index contributed by atoms with van der Waals surface area (Å²) >= 11 is 5.92. The number of amides is 3. The van der Waals surface area contributed by atoms with E-state index >= 15 is 0 Å². The number of hydrazone groups is 1. The van der Waals surface area contributed by atoms with Gasteiger partial charge in [-0.05, 0) is 42.3 Å². The number of hydrogen-bond acceptors (Lipinski definition) is 4. The molecule has 1 N–H and O–H groups in total. The Kier molecular flexibility index (Phi) is 4.46. The Morgan fingerprint density at radius 2 is 1.92 bits per heavy atom. The highest BCUT2D eigenvalue weighted by molar-refractivity contribution is 6.30. The van der Waals surface area contributed by atoms with Crippen molar-refractivity contribution in [2.75, 3.05) is 7.11 Å². The van der Waals surface area contributed by atoms with E-state index in [-0.39, 0.29) is 0 Å². The van der Waals surface area contributed by atoms with Gasteiger partial charge in [-0.25, -0.2) is 4.79 Å². The summed E-state index contributed by atoms with van der Waals surface area (Å²) in [6, 6.07) is 13.3. The third-order valence-electron chi connectivity index (χ3n) is 4.01. The Hall–Kier alpha value is -2.86. The van der Waals surface area contributed by atoms with E-state index in [0.29, 0.717) is 21.9 Å². The molecule has 2 aromatic rings. The van der Waals surface area contributed by atoms with Gasteiger partial charge >= 0.3 is 6.03 Å². The van der Waals surface area contributed by atoms with Gasteiger partial charge in [-0.2, -0.15) is 5.10 Å². The molecule has 3 rings (SSSR count). The maximum Gasteiger partial charge on any atom is 0.346 e. The highest BCUT2D eigenvalue weighted by atomic mass is 35.5. The first-order valence-corrected chi connectivity index (χ1v) is 7.92. The smallest absolute Gasteiger partial charge is 0.346 e. The number of carbonyl (C=O) groups excluding carboxylic acids is 2. The van der Waals surface area contributed by atoms with Crippen LogP contribution in [0.15, 0.2) is 53.6 Å². The maximum absolute atomic E-state index is 12.8. The average molecular weight is 358 g/mol. The zero-order valence-corrected chi connectivity index (χ0v) is 14.4. The van der Waals surface area contributed by atoms with Crippen LogP contribution in [0.25, 0.3) is 0 Å². The van der Waals surface area contributed by atoms with Gasteiger partial charge in [0.05, 0.1) is 13.3 Å². The molecule has 1 heterocycles. The van der Waals surface area contributed by atoms with Crippen LogP contribution in [0.4, 0.5) is 4.79 Å². The molecule has 3 amide bonds. The summed E-state index contributed by atoms with van der Waals surface area (Å²) in [5.41, 5.74) is 0.146. The van der Waals surface area contributed by atoms with Crippen LogP contribution in [0.3, 0.4) is 0 Å². The predicted molar refractivity (Wildman–Crippen MR) is 94.8 cm³/mol. The average Bonchev–Trinajstić information content (AvgIpc) is 2.83. The van der Waals surface area contributed by atoms with Crippen LogP contribution in [0.5, 0.6) is 5.75 Å². The molecular weight excluding hydrogens is 342 g/mol. The lowest BCUT2D eigenvalue weighted by atomic mass is 9.92. The molecule has 0 saturated carbocycles. The predicted octanol–water partition coefficient (Wildman–Crippen LogP) is 3.15. The minimum atomic E-state index is -1.19. The fourth-order valence-electron chi connectivity index (χ4n) is 2.56. The van der Waals surface area contributed by atoms with Crippen LogP contribution in [0.1, 0.15) is 18.1 Å². The van der Waals surface area contributed by atoms with Gasteiger partial charge in [0.1, 0.15) is 11.3 Å². The van der Waals surface area contributed by atoms with E-state index in [1.807, 2.05) is 0 Å². The van der Waals surface area contributed by atoms with Crippen LogP contribution in [-0.4, -0.2) is 30.3 Å². The monoisotopic (exact) mass is 357 g/mol. The van der Waals surface area contributed by atoms with Gasteiger partial charge in [0.25, 0.3) is 5.91 Å². The number of benzene rings is 2. The van der Waals surface area contributed by atoms with Gasteiger partial charge in [0.2, 0.25) is 0 Å². The highest BCUT2D eigenvalue weighted by Gasteiger charge is 2.49. The molecule has 2 aromatic carbocycles. The second-order valence-electron chi connectivity index (χ2n) is 5.70. The summed E-state index contributed by atoms with van der Waals surface area (Å²) < 4.78 is 5.11. The van der Waals surface area contributed by atoms with E-state index in [4.69, 9.17) is 16.3 Å². The molecule has 7 heteroatoms. The molecule has 0 bridgehead atoms. The summed E-state index contributed by atoms with van der Waals surface area (Å²) in [7, 11) is 1.56. The van der Waals surface area contributed by atoms with Gasteiger partial charge in [0.15, 0.2) is 0 Å². The standard InChI is InChI=1S/C18H16ClN3O3/c1-18(13-6-8-15(25-2)9-7-13)16(23)22(17(24)21-18)20-11-12-4-3-5-14(19)10-12/h3-11H,1-2H3,(H,21,24)/t18-/m0/s1. The number of imide groups is 1. The van der Waals surface area contributed by atoms with Crippen LogP contribution in [0, 0.1) is 0 Å². The Bertz CT molecular complexity index is 851. The lowest BCUT2D eigenvalue weighted by Gasteiger charge is -2.21. The quantitative estimate of drug-likeness (QED) is 0.675. The van der Waals surface area contributed by atoms with Crippen molar-refractivity contribution in [3.05, 3.63) is 64.7 Å². The Morgan fingerprint density at radius 1 is 1.20 bits per heavy atom. The summed E-state index contributed by atoms with van der Waals surface area (Å²) in [6.07, 6.45) is 1.42. The number of urea groups is 1. The van der Waals surface area contributed by atoms with E-state index in [0.717, 1.165) is 5.01 Å². The number of halogens is 1. The first kappa shape index (κ1) is 17.0. The molecule has 6 nitrogen and oxygen atoms in total. The fraction of sp³-hybridized carbons (Fsp3) is 0.167. The summed E-state index contributed by atoms with van der Waals surface area (Å²) in [6.45, 7) is 1.64. The van der Waals surface area contributed by atoms with Crippen LogP contribution in [-0.2, 0) is 10.3 Å². The van der Waals surface area contributed by atoms with E-state index in [1.54, 1.807) is 62.6 Å². The lowest BCUT2D eigenvalue weighted by Crippen LogP contribution is -2.40. The number of nitrogens with one attached hydrogen (secondary N) is 1. The summed E-state index contributed by atoms with van der Waals surface area (Å²) in [5, 5.41) is 8.07. The minimum Gasteiger partial charge on any atom is -0.497 e. The molecule has 128 valence electrons. The van der Waals surface area contributed by atoms with Crippen molar-refractivity contribution in [3.8, 4) is 5.75 Å². The van der Waals surface area contributed by atoms with Gasteiger partial charge in [-0.15, -0.1) is 5.01 Å². The van der Waals surface area contributed by atoms with Gasteiger partial charge in [-0.3, -0.25) is 4.79 Å². The maximum atomic E-state index is 12.8. The molecule has 0 radical (unpaired) electrons. The van der Waals surface area contributed by atoms with E-state index in [2.05, 4.69) is 10.4 Å². The van der Waals surface area contributed by atoms with Crippen molar-refractivity contribution >= 4 is 29.8 Å². The van der Waals surface area contributed by atoms with Gasteiger partial charge in [-0.1, -0.05) is 35.9 Å². The van der Waals surface area contributed by atoms with Crippen molar-refractivity contribution < 1.29 is 14.3 Å². The van der Waals surface area contributed by atoms with E-state index in [9.17, 15) is 9.59 Å². The normalized spacial score (nSPS) is 20.2. The number of nitrogens with zero attached hydrogens (tertiary/aromatic N) is 2. The minimum absolute atomic E-state index is 0.457. The molecule has 1 fully saturated rings. The highest BCUT2D eigenvalue weighted by Crippen LogP contribution is 2.30. The summed E-state index contributed by atoms with van der Waals surface area (Å²) in [5.74, 6) is 0.209.